The maximum Gasteiger partial charge on any atom is 0.358 e. The van der Waals surface area contributed by atoms with Crippen molar-refractivity contribution in [1.82, 2.24) is 20.3 Å². The summed E-state index contributed by atoms with van der Waals surface area (Å²) in [4.78, 5) is 22.7. The molecule has 0 saturated heterocycles. The van der Waals surface area contributed by atoms with Gasteiger partial charge in [-0.15, -0.1) is 5.10 Å². The minimum atomic E-state index is -1.15. The van der Waals surface area contributed by atoms with E-state index in [9.17, 15) is 9.59 Å². The summed E-state index contributed by atoms with van der Waals surface area (Å²) in [5.41, 5.74) is 0.275. The van der Waals surface area contributed by atoms with Crippen LogP contribution in [0.3, 0.4) is 0 Å². The number of aromatic carboxylic acids is 1. The number of ether oxygens (including phenoxy) is 1. The molecule has 0 unspecified atom stereocenters. The maximum atomic E-state index is 11.7. The molecule has 1 aromatic heterocycles. The van der Waals surface area contributed by atoms with Gasteiger partial charge in [0.1, 0.15) is 6.54 Å². The molecule has 1 aliphatic rings. The van der Waals surface area contributed by atoms with Gasteiger partial charge in [0.15, 0.2) is 5.69 Å². The lowest BCUT2D eigenvalue weighted by Gasteiger charge is -2.07. The normalized spacial score (nSPS) is 14.4. The van der Waals surface area contributed by atoms with Crippen LogP contribution < -0.4 is 5.32 Å². The van der Waals surface area contributed by atoms with Gasteiger partial charge in [-0.05, 0) is 12.8 Å². The number of hydrogen-bond acceptors (Lipinski definition) is 5. The van der Waals surface area contributed by atoms with E-state index in [4.69, 9.17) is 9.84 Å². The first-order valence-electron chi connectivity index (χ1n) is 6.05. The molecule has 104 valence electrons. The van der Waals surface area contributed by atoms with E-state index in [2.05, 4.69) is 15.6 Å². The van der Waals surface area contributed by atoms with E-state index in [0.717, 1.165) is 12.8 Å². The van der Waals surface area contributed by atoms with Gasteiger partial charge in [0.25, 0.3) is 0 Å². The zero-order valence-corrected chi connectivity index (χ0v) is 10.6. The van der Waals surface area contributed by atoms with Crippen molar-refractivity contribution in [3.63, 3.8) is 0 Å². The smallest absolute Gasteiger partial charge is 0.358 e. The van der Waals surface area contributed by atoms with Crippen molar-refractivity contribution in [3.05, 3.63) is 11.4 Å². The summed E-state index contributed by atoms with van der Waals surface area (Å²) in [6, 6.07) is 0.261. The molecule has 8 nitrogen and oxygen atoms in total. The number of methoxy groups -OCH3 is 1. The van der Waals surface area contributed by atoms with Gasteiger partial charge in [-0.3, -0.25) is 4.79 Å². The Labute approximate surface area is 109 Å². The maximum absolute atomic E-state index is 11.7. The minimum absolute atomic E-state index is 0.0180. The fourth-order valence-electron chi connectivity index (χ4n) is 1.71. The molecule has 1 fully saturated rings. The van der Waals surface area contributed by atoms with Crippen molar-refractivity contribution in [2.75, 3.05) is 13.7 Å². The number of carbonyl (C=O) groups is 2. The Morgan fingerprint density at radius 1 is 1.53 bits per heavy atom. The number of carboxylic acid groups (broad SMARTS) is 1. The van der Waals surface area contributed by atoms with Crippen molar-refractivity contribution < 1.29 is 19.4 Å². The number of rotatable bonds is 7. The van der Waals surface area contributed by atoms with Gasteiger partial charge in [0.05, 0.1) is 12.3 Å². The van der Waals surface area contributed by atoms with Gasteiger partial charge in [-0.2, -0.15) is 0 Å². The molecule has 1 aromatic rings. The Kier molecular flexibility index (Phi) is 4.10. The molecule has 1 saturated carbocycles. The van der Waals surface area contributed by atoms with Gasteiger partial charge in [-0.1, -0.05) is 5.21 Å². The molecule has 1 heterocycles. The predicted octanol–water partition coefficient (Wildman–Crippen LogP) is -0.556. The lowest BCUT2D eigenvalue weighted by molar-refractivity contribution is -0.122. The highest BCUT2D eigenvalue weighted by atomic mass is 16.5. The van der Waals surface area contributed by atoms with E-state index >= 15 is 0 Å². The minimum Gasteiger partial charge on any atom is -0.476 e. The summed E-state index contributed by atoms with van der Waals surface area (Å²) >= 11 is 0. The second kappa shape index (κ2) is 5.79. The van der Waals surface area contributed by atoms with Crippen LogP contribution in [-0.2, 0) is 22.5 Å². The van der Waals surface area contributed by atoms with Crippen molar-refractivity contribution in [2.45, 2.75) is 31.8 Å². The molecule has 0 aromatic carbocycles. The molecule has 2 rings (SSSR count). The van der Waals surface area contributed by atoms with Gasteiger partial charge < -0.3 is 15.2 Å². The third kappa shape index (κ3) is 3.50. The molecule has 19 heavy (non-hydrogen) atoms. The third-order valence-electron chi connectivity index (χ3n) is 2.82. The number of amides is 1. The number of carbonyl (C=O) groups excluding carboxylic acids is 1. The number of nitrogens with zero attached hydrogens (tertiary/aromatic N) is 3. The first-order chi connectivity index (χ1) is 9.11. The molecule has 0 aliphatic heterocycles. The van der Waals surface area contributed by atoms with Crippen LogP contribution >= 0.6 is 0 Å². The number of nitrogens with one attached hydrogen (secondary N) is 1. The van der Waals surface area contributed by atoms with Crippen molar-refractivity contribution in [1.29, 1.82) is 0 Å². The van der Waals surface area contributed by atoms with E-state index in [1.54, 1.807) is 0 Å². The molecule has 1 amide bonds. The Bertz CT molecular complexity index is 481. The summed E-state index contributed by atoms with van der Waals surface area (Å²) in [5, 5.41) is 19.2. The SMILES string of the molecule is COCCc1c(C(=O)O)nnn1CC(=O)NC1CC1. The second-order valence-corrected chi connectivity index (χ2v) is 4.43. The van der Waals surface area contributed by atoms with Crippen LogP contribution in [0.5, 0.6) is 0 Å². The number of hydrogen-bond donors (Lipinski definition) is 2. The number of aromatic nitrogens is 3. The van der Waals surface area contributed by atoms with E-state index < -0.39 is 5.97 Å². The average molecular weight is 268 g/mol. The fourth-order valence-corrected chi connectivity index (χ4v) is 1.71. The van der Waals surface area contributed by atoms with E-state index in [-0.39, 0.29) is 24.2 Å². The fraction of sp³-hybridized carbons (Fsp3) is 0.636. The van der Waals surface area contributed by atoms with E-state index in [1.807, 2.05) is 0 Å². The summed E-state index contributed by atoms with van der Waals surface area (Å²) in [7, 11) is 1.52. The van der Waals surface area contributed by atoms with Crippen LogP contribution in [0.2, 0.25) is 0 Å². The molecule has 1 aliphatic carbocycles. The van der Waals surface area contributed by atoms with Crippen LogP contribution in [0, 0.1) is 0 Å². The highest BCUT2D eigenvalue weighted by Gasteiger charge is 2.25. The van der Waals surface area contributed by atoms with Crippen molar-refractivity contribution in [3.8, 4) is 0 Å². The Hall–Kier alpha value is -1.96. The highest BCUT2D eigenvalue weighted by Crippen LogP contribution is 2.18. The Balaban J connectivity index is 2.08. The van der Waals surface area contributed by atoms with Crippen LogP contribution in [0.25, 0.3) is 0 Å². The summed E-state index contributed by atoms with van der Waals surface area (Å²) in [6.45, 7) is 0.327. The zero-order valence-electron chi connectivity index (χ0n) is 10.6. The van der Waals surface area contributed by atoms with Gasteiger partial charge in [0, 0.05) is 19.6 Å². The van der Waals surface area contributed by atoms with Crippen molar-refractivity contribution in [2.24, 2.45) is 0 Å². The molecular weight excluding hydrogens is 252 g/mol. The Morgan fingerprint density at radius 3 is 2.84 bits per heavy atom. The standard InChI is InChI=1S/C11H16N4O4/c1-19-5-4-8-10(11(17)18)13-14-15(8)6-9(16)12-7-2-3-7/h7H,2-6H2,1H3,(H,12,16)(H,17,18). The summed E-state index contributed by atoms with van der Waals surface area (Å²) in [5.74, 6) is -1.33. The van der Waals surface area contributed by atoms with Crippen LogP contribution in [0.4, 0.5) is 0 Å². The molecule has 0 bridgehead atoms. The first kappa shape index (κ1) is 13.5. The molecule has 0 radical (unpaired) electrons. The monoisotopic (exact) mass is 268 g/mol. The molecule has 2 N–H and O–H groups in total. The van der Waals surface area contributed by atoms with Crippen LogP contribution in [-0.4, -0.2) is 51.7 Å². The van der Waals surface area contributed by atoms with Gasteiger partial charge in [-0.25, -0.2) is 9.48 Å². The quantitative estimate of drug-likeness (QED) is 0.686. The lowest BCUT2D eigenvalue weighted by Crippen LogP contribution is -2.30. The van der Waals surface area contributed by atoms with Gasteiger partial charge in [0.2, 0.25) is 5.91 Å². The highest BCUT2D eigenvalue weighted by molar-refractivity contribution is 5.86. The van der Waals surface area contributed by atoms with Crippen LogP contribution in [0.15, 0.2) is 0 Å². The van der Waals surface area contributed by atoms with E-state index in [0.29, 0.717) is 18.7 Å². The van der Waals surface area contributed by atoms with Crippen molar-refractivity contribution >= 4 is 11.9 Å². The van der Waals surface area contributed by atoms with E-state index in [1.165, 1.54) is 11.8 Å². The zero-order chi connectivity index (χ0) is 13.8. The summed E-state index contributed by atoms with van der Waals surface area (Å²) in [6.07, 6.45) is 2.35. The molecule has 8 heteroatoms. The molecule has 0 atom stereocenters. The topological polar surface area (TPSA) is 106 Å². The van der Waals surface area contributed by atoms with Gasteiger partial charge >= 0.3 is 5.97 Å². The lowest BCUT2D eigenvalue weighted by atomic mass is 10.2. The Morgan fingerprint density at radius 2 is 2.26 bits per heavy atom. The first-order valence-corrected chi connectivity index (χ1v) is 6.05. The molecule has 0 spiro atoms. The third-order valence-corrected chi connectivity index (χ3v) is 2.82. The number of carboxylic acids is 1. The van der Waals surface area contributed by atoms with Crippen LogP contribution in [0.1, 0.15) is 29.0 Å². The summed E-state index contributed by atoms with van der Waals surface area (Å²) < 4.78 is 6.24. The molecular formula is C11H16N4O4. The second-order valence-electron chi connectivity index (χ2n) is 4.43. The average Bonchev–Trinajstić information content (AvgIpc) is 3.06. The predicted molar refractivity (Wildman–Crippen MR) is 63.7 cm³/mol. The largest absolute Gasteiger partial charge is 0.476 e.